The van der Waals surface area contributed by atoms with Crippen molar-refractivity contribution >= 4 is 11.5 Å². The lowest BCUT2D eigenvalue weighted by Gasteiger charge is -2.05. The van der Waals surface area contributed by atoms with Crippen LogP contribution >= 0.6 is 0 Å². The number of nitrogens with zero attached hydrogens (tertiary/aromatic N) is 3. The number of rotatable bonds is 3. The Morgan fingerprint density at radius 2 is 1.88 bits per heavy atom. The van der Waals surface area contributed by atoms with E-state index < -0.39 is 5.78 Å². The zero-order chi connectivity index (χ0) is 12.3. The molecule has 0 amide bonds. The Bertz CT molecular complexity index is 557. The number of hydrogen-bond donors (Lipinski definition) is 1. The molecule has 0 aliphatic heterocycles. The molecule has 6 nitrogen and oxygen atoms in total. The highest BCUT2D eigenvalue weighted by Crippen LogP contribution is 2.17. The maximum atomic E-state index is 12.1. The minimum absolute atomic E-state index is 0.0976. The van der Waals surface area contributed by atoms with Gasteiger partial charge in [-0.25, -0.2) is 9.97 Å². The molecule has 0 aromatic carbocycles. The van der Waals surface area contributed by atoms with E-state index in [1.807, 2.05) is 0 Å². The molecule has 0 atom stereocenters. The van der Waals surface area contributed by atoms with Crippen LogP contribution < -0.4 is 10.5 Å². The maximum absolute atomic E-state index is 12.1. The highest BCUT2D eigenvalue weighted by Gasteiger charge is 2.19. The Morgan fingerprint density at radius 3 is 2.59 bits per heavy atom. The zero-order valence-corrected chi connectivity index (χ0v) is 9.12. The second-order valence-electron chi connectivity index (χ2n) is 3.18. The normalized spacial score (nSPS) is 9.94. The summed E-state index contributed by atoms with van der Waals surface area (Å²) >= 11 is 0. The van der Waals surface area contributed by atoms with Gasteiger partial charge in [0, 0.05) is 18.6 Å². The number of carbonyl (C=O) groups excluding carboxylic acids is 1. The van der Waals surface area contributed by atoms with Crippen molar-refractivity contribution in [1.29, 1.82) is 0 Å². The largest absolute Gasteiger partial charge is 0.479 e. The van der Waals surface area contributed by atoms with Gasteiger partial charge >= 0.3 is 0 Å². The first kappa shape index (κ1) is 11.0. The van der Waals surface area contributed by atoms with Crippen molar-refractivity contribution in [2.75, 3.05) is 12.8 Å². The lowest BCUT2D eigenvalue weighted by atomic mass is 10.1. The predicted molar refractivity (Wildman–Crippen MR) is 60.7 cm³/mol. The smallest absolute Gasteiger partial charge is 0.243 e. The van der Waals surface area contributed by atoms with Crippen molar-refractivity contribution in [2.45, 2.75) is 0 Å². The first-order valence-electron chi connectivity index (χ1n) is 4.84. The average molecular weight is 230 g/mol. The molecule has 86 valence electrons. The third-order valence-electron chi connectivity index (χ3n) is 2.13. The summed E-state index contributed by atoms with van der Waals surface area (Å²) in [4.78, 5) is 23.9. The molecule has 0 fully saturated rings. The van der Waals surface area contributed by atoms with E-state index in [9.17, 15) is 4.79 Å². The molecule has 2 aromatic heterocycles. The molecule has 2 rings (SSSR count). The summed E-state index contributed by atoms with van der Waals surface area (Å²) in [5.41, 5.74) is 6.22. The molecule has 0 saturated carbocycles. The molecule has 0 radical (unpaired) electrons. The number of aromatic nitrogens is 3. The molecule has 6 heteroatoms. The van der Waals surface area contributed by atoms with Gasteiger partial charge < -0.3 is 10.5 Å². The highest BCUT2D eigenvalue weighted by atomic mass is 16.5. The monoisotopic (exact) mass is 230 g/mol. The van der Waals surface area contributed by atoms with E-state index in [1.165, 1.54) is 25.7 Å². The minimum Gasteiger partial charge on any atom is -0.479 e. The number of anilines is 1. The number of pyridine rings is 1. The van der Waals surface area contributed by atoms with Crippen LogP contribution in [0.2, 0.25) is 0 Å². The summed E-state index contributed by atoms with van der Waals surface area (Å²) in [6.07, 6.45) is 4.35. The molecular weight excluding hydrogens is 220 g/mol. The van der Waals surface area contributed by atoms with Crippen LogP contribution in [-0.2, 0) is 0 Å². The summed E-state index contributed by atoms with van der Waals surface area (Å²) in [7, 11) is 1.42. The average Bonchev–Trinajstić information content (AvgIpc) is 2.38. The number of nitrogen functional groups attached to an aromatic ring is 1. The van der Waals surface area contributed by atoms with E-state index >= 15 is 0 Å². The van der Waals surface area contributed by atoms with E-state index in [0.29, 0.717) is 5.69 Å². The van der Waals surface area contributed by atoms with Crippen LogP contribution in [-0.4, -0.2) is 27.8 Å². The number of carbonyl (C=O) groups is 1. The first-order valence-corrected chi connectivity index (χ1v) is 4.84. The molecule has 0 aliphatic rings. The molecule has 0 spiro atoms. The number of ketones is 1. The number of hydrogen-bond acceptors (Lipinski definition) is 6. The van der Waals surface area contributed by atoms with Gasteiger partial charge in [-0.15, -0.1) is 0 Å². The molecular formula is C11H10N4O2. The molecule has 0 saturated heterocycles. The molecule has 2 heterocycles. The predicted octanol–water partition coefficient (Wildman–Crippen LogP) is 0.693. The summed E-state index contributed by atoms with van der Waals surface area (Å²) in [5, 5.41) is 0. The van der Waals surface area contributed by atoms with Crippen LogP contribution in [0, 0.1) is 0 Å². The van der Waals surface area contributed by atoms with Crippen molar-refractivity contribution < 1.29 is 9.53 Å². The quantitative estimate of drug-likeness (QED) is 0.780. The molecule has 2 aromatic rings. The fourth-order valence-electron chi connectivity index (χ4n) is 1.35. The van der Waals surface area contributed by atoms with Gasteiger partial charge in [0.1, 0.15) is 5.69 Å². The Morgan fingerprint density at radius 1 is 1.18 bits per heavy atom. The second-order valence-corrected chi connectivity index (χ2v) is 3.18. The summed E-state index contributed by atoms with van der Waals surface area (Å²) < 4.78 is 4.96. The third kappa shape index (κ3) is 2.05. The molecule has 0 bridgehead atoms. The van der Waals surface area contributed by atoms with E-state index in [1.54, 1.807) is 12.1 Å². The van der Waals surface area contributed by atoms with Crippen molar-refractivity contribution in [2.24, 2.45) is 0 Å². The second kappa shape index (κ2) is 4.56. The van der Waals surface area contributed by atoms with Crippen molar-refractivity contribution in [3.8, 4) is 5.88 Å². The van der Waals surface area contributed by atoms with Crippen LogP contribution in [0.1, 0.15) is 16.2 Å². The molecule has 17 heavy (non-hydrogen) atoms. The van der Waals surface area contributed by atoms with E-state index in [4.69, 9.17) is 10.5 Å². The Kier molecular flexibility index (Phi) is 2.95. The lowest BCUT2D eigenvalue weighted by Crippen LogP contribution is -2.11. The van der Waals surface area contributed by atoms with Gasteiger partial charge in [0.2, 0.25) is 11.7 Å². The van der Waals surface area contributed by atoms with Crippen molar-refractivity contribution in [3.05, 3.63) is 42.1 Å². The fraction of sp³-hybridized carbons (Fsp3) is 0.0909. The maximum Gasteiger partial charge on any atom is 0.243 e. The van der Waals surface area contributed by atoms with Gasteiger partial charge in [0.15, 0.2) is 5.69 Å². The lowest BCUT2D eigenvalue weighted by molar-refractivity contribution is 0.102. The van der Waals surface area contributed by atoms with Gasteiger partial charge in [-0.3, -0.25) is 9.78 Å². The van der Waals surface area contributed by atoms with Crippen LogP contribution in [0.4, 0.5) is 5.69 Å². The molecule has 0 unspecified atom stereocenters. The highest BCUT2D eigenvalue weighted by molar-refractivity contribution is 6.10. The van der Waals surface area contributed by atoms with Crippen LogP contribution in [0.5, 0.6) is 5.88 Å². The van der Waals surface area contributed by atoms with Crippen molar-refractivity contribution in [3.63, 3.8) is 0 Å². The topological polar surface area (TPSA) is 91.0 Å². The Labute approximate surface area is 97.5 Å². The van der Waals surface area contributed by atoms with Crippen molar-refractivity contribution in [1.82, 2.24) is 15.0 Å². The molecule has 0 aliphatic carbocycles. The zero-order valence-electron chi connectivity index (χ0n) is 9.12. The van der Waals surface area contributed by atoms with Gasteiger partial charge in [-0.05, 0) is 12.1 Å². The van der Waals surface area contributed by atoms with Gasteiger partial charge in [-0.2, -0.15) is 0 Å². The number of ether oxygens (including phenoxy) is 1. The number of nitrogens with two attached hydrogens (primary N) is 1. The summed E-state index contributed by atoms with van der Waals surface area (Å²) in [5.74, 6) is -0.254. The Hall–Kier alpha value is -2.50. The van der Waals surface area contributed by atoms with E-state index in [2.05, 4.69) is 15.0 Å². The minimum atomic E-state index is -0.409. The van der Waals surface area contributed by atoms with E-state index in [-0.39, 0.29) is 17.3 Å². The van der Waals surface area contributed by atoms with Crippen LogP contribution in [0.3, 0.4) is 0 Å². The van der Waals surface area contributed by atoms with Gasteiger partial charge in [-0.1, -0.05) is 0 Å². The molecule has 2 N–H and O–H groups in total. The van der Waals surface area contributed by atoms with Crippen LogP contribution in [0.25, 0.3) is 0 Å². The summed E-state index contributed by atoms with van der Waals surface area (Å²) in [6, 6.07) is 3.25. The van der Waals surface area contributed by atoms with Crippen LogP contribution in [0.15, 0.2) is 30.7 Å². The van der Waals surface area contributed by atoms with Gasteiger partial charge in [0.05, 0.1) is 12.8 Å². The van der Waals surface area contributed by atoms with Gasteiger partial charge in [0.25, 0.3) is 0 Å². The first-order chi connectivity index (χ1) is 8.24. The number of methoxy groups -OCH3 is 1. The SMILES string of the molecule is COc1nccnc1C(=O)c1ncccc1N. The Balaban J connectivity index is 2.48. The fourth-order valence-corrected chi connectivity index (χ4v) is 1.35. The standard InChI is InChI=1S/C11H10N4O2/c1-17-11-9(14-5-6-15-11)10(16)8-7(12)3-2-4-13-8/h2-6H,12H2,1H3. The summed E-state index contributed by atoms with van der Waals surface area (Å²) in [6.45, 7) is 0. The third-order valence-corrected chi connectivity index (χ3v) is 2.13. The van der Waals surface area contributed by atoms with E-state index in [0.717, 1.165) is 0 Å².